The van der Waals surface area contributed by atoms with E-state index < -0.39 is 5.97 Å². The number of aromatic carboxylic acids is 1. The topological polar surface area (TPSA) is 75.4 Å². The standard InChI is InChI=1S/C16H25N3O3/c1-4-12(5-2)15(20)18-8-6-13(7-9-18)19-11(3)14(10-17-19)16(21)22/h10,12-13H,4-9H2,1-3H3,(H,21,22). The highest BCUT2D eigenvalue weighted by molar-refractivity contribution is 5.88. The van der Waals surface area contributed by atoms with Crippen molar-refractivity contribution >= 4 is 11.9 Å². The molecule has 2 heterocycles. The first kappa shape index (κ1) is 16.5. The smallest absolute Gasteiger partial charge is 0.339 e. The number of rotatable bonds is 5. The summed E-state index contributed by atoms with van der Waals surface area (Å²) in [6.45, 7) is 7.35. The van der Waals surface area contributed by atoms with E-state index in [1.807, 2.05) is 9.58 Å². The van der Waals surface area contributed by atoms with Crippen molar-refractivity contribution in [2.45, 2.75) is 52.5 Å². The van der Waals surface area contributed by atoms with E-state index in [-0.39, 0.29) is 23.4 Å². The Labute approximate surface area is 131 Å². The second kappa shape index (κ2) is 6.94. The zero-order chi connectivity index (χ0) is 16.3. The summed E-state index contributed by atoms with van der Waals surface area (Å²) in [6.07, 6.45) is 4.84. The fourth-order valence-corrected chi connectivity index (χ4v) is 3.23. The van der Waals surface area contributed by atoms with Gasteiger partial charge in [-0.15, -0.1) is 0 Å². The Morgan fingerprint density at radius 2 is 1.91 bits per heavy atom. The third kappa shape index (κ3) is 3.15. The molecule has 0 bridgehead atoms. The van der Waals surface area contributed by atoms with Crippen LogP contribution in [0.3, 0.4) is 0 Å². The maximum atomic E-state index is 12.4. The average molecular weight is 307 g/mol. The van der Waals surface area contributed by atoms with E-state index in [1.54, 1.807) is 6.92 Å². The van der Waals surface area contributed by atoms with Crippen molar-refractivity contribution < 1.29 is 14.7 Å². The molecule has 22 heavy (non-hydrogen) atoms. The molecule has 6 nitrogen and oxygen atoms in total. The summed E-state index contributed by atoms with van der Waals surface area (Å²) in [4.78, 5) is 25.4. The molecule has 1 aliphatic rings. The molecular formula is C16H25N3O3. The predicted molar refractivity (Wildman–Crippen MR) is 82.8 cm³/mol. The van der Waals surface area contributed by atoms with Crippen molar-refractivity contribution in [2.24, 2.45) is 5.92 Å². The van der Waals surface area contributed by atoms with Gasteiger partial charge in [0.15, 0.2) is 0 Å². The SMILES string of the molecule is CCC(CC)C(=O)N1CCC(n2ncc(C(=O)O)c2C)CC1. The lowest BCUT2D eigenvalue weighted by Gasteiger charge is -2.34. The molecule has 122 valence electrons. The van der Waals surface area contributed by atoms with Crippen LogP contribution in [0.5, 0.6) is 0 Å². The lowest BCUT2D eigenvalue weighted by atomic mass is 9.98. The van der Waals surface area contributed by atoms with Crippen LogP contribution in [0, 0.1) is 12.8 Å². The predicted octanol–water partition coefficient (Wildman–Crippen LogP) is 2.49. The summed E-state index contributed by atoms with van der Waals surface area (Å²) in [7, 11) is 0. The molecule has 0 spiro atoms. The molecule has 1 saturated heterocycles. The second-order valence-electron chi connectivity index (χ2n) is 5.96. The highest BCUT2D eigenvalue weighted by Crippen LogP contribution is 2.26. The number of carboxylic acids is 1. The third-order valence-electron chi connectivity index (χ3n) is 4.73. The number of nitrogens with zero attached hydrogens (tertiary/aromatic N) is 3. The maximum absolute atomic E-state index is 12.4. The summed E-state index contributed by atoms with van der Waals surface area (Å²) in [6, 6.07) is 0.179. The van der Waals surface area contributed by atoms with Crippen LogP contribution >= 0.6 is 0 Å². The van der Waals surface area contributed by atoms with Crippen LogP contribution in [-0.2, 0) is 4.79 Å². The fourth-order valence-electron chi connectivity index (χ4n) is 3.23. The number of hydrogen-bond donors (Lipinski definition) is 1. The van der Waals surface area contributed by atoms with E-state index in [2.05, 4.69) is 18.9 Å². The van der Waals surface area contributed by atoms with E-state index in [1.165, 1.54) is 6.20 Å². The molecule has 1 aromatic rings. The van der Waals surface area contributed by atoms with Crippen LogP contribution in [0.15, 0.2) is 6.20 Å². The minimum atomic E-state index is -0.940. The van der Waals surface area contributed by atoms with Gasteiger partial charge < -0.3 is 10.0 Å². The van der Waals surface area contributed by atoms with Gasteiger partial charge in [0.05, 0.1) is 17.9 Å². The lowest BCUT2D eigenvalue weighted by molar-refractivity contribution is -0.137. The minimum Gasteiger partial charge on any atom is -0.478 e. The highest BCUT2D eigenvalue weighted by atomic mass is 16.4. The second-order valence-corrected chi connectivity index (χ2v) is 5.96. The number of piperidine rings is 1. The van der Waals surface area contributed by atoms with Gasteiger partial charge in [0.25, 0.3) is 0 Å². The Morgan fingerprint density at radius 3 is 2.36 bits per heavy atom. The van der Waals surface area contributed by atoms with Crippen LogP contribution in [0.25, 0.3) is 0 Å². The molecule has 0 unspecified atom stereocenters. The van der Waals surface area contributed by atoms with Gasteiger partial charge in [0, 0.05) is 19.0 Å². The lowest BCUT2D eigenvalue weighted by Crippen LogP contribution is -2.42. The molecule has 1 N–H and O–H groups in total. The number of carbonyl (C=O) groups excluding carboxylic acids is 1. The van der Waals surface area contributed by atoms with Gasteiger partial charge >= 0.3 is 5.97 Å². The number of hydrogen-bond acceptors (Lipinski definition) is 3. The molecule has 1 amide bonds. The zero-order valence-electron chi connectivity index (χ0n) is 13.6. The van der Waals surface area contributed by atoms with Crippen molar-refractivity contribution in [1.29, 1.82) is 0 Å². The Hall–Kier alpha value is -1.85. The highest BCUT2D eigenvalue weighted by Gasteiger charge is 2.28. The van der Waals surface area contributed by atoms with Gasteiger partial charge in [-0.2, -0.15) is 5.10 Å². The first-order valence-electron chi connectivity index (χ1n) is 8.05. The van der Waals surface area contributed by atoms with Crippen LogP contribution < -0.4 is 0 Å². The van der Waals surface area contributed by atoms with Gasteiger partial charge in [0.1, 0.15) is 5.56 Å². The Morgan fingerprint density at radius 1 is 1.32 bits per heavy atom. The van der Waals surface area contributed by atoms with Gasteiger partial charge in [-0.3, -0.25) is 9.48 Å². The van der Waals surface area contributed by atoms with Crippen LogP contribution in [0.1, 0.15) is 61.6 Å². The molecule has 1 fully saturated rings. The molecule has 0 aromatic carbocycles. The van der Waals surface area contributed by atoms with Gasteiger partial charge in [-0.25, -0.2) is 4.79 Å². The molecule has 0 saturated carbocycles. The van der Waals surface area contributed by atoms with Crippen molar-refractivity contribution in [3.05, 3.63) is 17.5 Å². The van der Waals surface area contributed by atoms with Crippen molar-refractivity contribution in [1.82, 2.24) is 14.7 Å². The van der Waals surface area contributed by atoms with Crippen LogP contribution in [-0.4, -0.2) is 44.8 Å². The van der Waals surface area contributed by atoms with Gasteiger partial charge in [0.2, 0.25) is 5.91 Å². The zero-order valence-corrected chi connectivity index (χ0v) is 13.6. The minimum absolute atomic E-state index is 0.126. The molecule has 0 radical (unpaired) electrons. The van der Waals surface area contributed by atoms with Crippen molar-refractivity contribution in [3.8, 4) is 0 Å². The largest absolute Gasteiger partial charge is 0.478 e. The third-order valence-corrected chi connectivity index (χ3v) is 4.73. The summed E-state index contributed by atoms with van der Waals surface area (Å²) >= 11 is 0. The molecule has 2 rings (SSSR count). The van der Waals surface area contributed by atoms with Crippen molar-refractivity contribution in [2.75, 3.05) is 13.1 Å². The summed E-state index contributed by atoms with van der Waals surface area (Å²) in [5.41, 5.74) is 0.952. The maximum Gasteiger partial charge on any atom is 0.339 e. The Kier molecular flexibility index (Phi) is 5.21. The number of carbonyl (C=O) groups is 2. The van der Waals surface area contributed by atoms with Crippen LogP contribution in [0.2, 0.25) is 0 Å². The number of carboxylic acid groups (broad SMARTS) is 1. The molecule has 1 aliphatic heterocycles. The quantitative estimate of drug-likeness (QED) is 0.907. The first-order chi connectivity index (χ1) is 10.5. The van der Waals surface area contributed by atoms with Crippen molar-refractivity contribution in [3.63, 3.8) is 0 Å². The number of aromatic nitrogens is 2. The monoisotopic (exact) mass is 307 g/mol. The Bertz CT molecular complexity index is 541. The molecule has 6 heteroatoms. The van der Waals surface area contributed by atoms with E-state index in [9.17, 15) is 9.59 Å². The molecule has 0 atom stereocenters. The van der Waals surface area contributed by atoms with E-state index in [0.717, 1.165) is 38.8 Å². The number of likely N-dealkylation sites (tertiary alicyclic amines) is 1. The first-order valence-corrected chi connectivity index (χ1v) is 8.05. The number of amides is 1. The van der Waals surface area contributed by atoms with Gasteiger partial charge in [-0.05, 0) is 32.6 Å². The van der Waals surface area contributed by atoms with Gasteiger partial charge in [-0.1, -0.05) is 13.8 Å². The molecular weight excluding hydrogens is 282 g/mol. The molecule has 1 aromatic heterocycles. The average Bonchev–Trinajstić information content (AvgIpc) is 2.90. The van der Waals surface area contributed by atoms with E-state index in [0.29, 0.717) is 5.69 Å². The normalized spacial score (nSPS) is 16.3. The molecule has 0 aliphatic carbocycles. The summed E-state index contributed by atoms with van der Waals surface area (Å²) in [5.74, 6) is -0.557. The van der Waals surface area contributed by atoms with E-state index >= 15 is 0 Å². The van der Waals surface area contributed by atoms with E-state index in [4.69, 9.17) is 5.11 Å². The van der Waals surface area contributed by atoms with Crippen LogP contribution in [0.4, 0.5) is 0 Å². The summed E-state index contributed by atoms with van der Waals surface area (Å²) in [5, 5.41) is 13.3. The Balaban J connectivity index is 2.00. The fraction of sp³-hybridized carbons (Fsp3) is 0.688. The summed E-state index contributed by atoms with van der Waals surface area (Å²) < 4.78 is 1.81.